The predicted octanol–water partition coefficient (Wildman–Crippen LogP) is 0.000600. The summed E-state index contributed by atoms with van der Waals surface area (Å²) in [6, 6.07) is 2.12. The van der Waals surface area contributed by atoms with Crippen molar-refractivity contribution >= 4 is 56.7 Å². The molecule has 1 saturated heterocycles. The van der Waals surface area contributed by atoms with Gasteiger partial charge in [-0.15, -0.1) is 11.3 Å². The molecule has 0 aliphatic carbocycles. The molecule has 0 bridgehead atoms. The second-order valence-electron chi connectivity index (χ2n) is 8.37. The van der Waals surface area contributed by atoms with Gasteiger partial charge < -0.3 is 30.5 Å². The molecular weight excluding hydrogens is 554 g/mol. The van der Waals surface area contributed by atoms with Gasteiger partial charge in [-0.1, -0.05) is 0 Å². The summed E-state index contributed by atoms with van der Waals surface area (Å²) in [4.78, 5) is 64.1. The fourth-order valence-electron chi connectivity index (χ4n) is 3.74. The molecule has 0 saturated carbocycles. The molecule has 36 heavy (non-hydrogen) atoms. The van der Waals surface area contributed by atoms with E-state index >= 15 is 0 Å². The summed E-state index contributed by atoms with van der Waals surface area (Å²) >= 11 is 4.54. The predicted molar refractivity (Wildman–Crippen MR) is 134 cm³/mol. The van der Waals surface area contributed by atoms with E-state index in [1.807, 2.05) is 7.05 Å². The fraction of sp³-hybridized carbons (Fsp3) is 0.455. The highest BCUT2D eigenvalue weighted by molar-refractivity contribution is 9.10. The number of anilines is 1. The fourth-order valence-corrected chi connectivity index (χ4v) is 5.07. The standard InChI is InChI=1S/C22H26BrN7O5S/c1-29-5-4-14-16(12-29)36-21(27-14)20(33)26-15(22(34)30-6-8-35-9-7-30)11-25-18(31)19(32)28-17-3-2-13(23)10-24-17/h2-3,10,15H,4-9,11-12H2,1H3,(H,25,31)(H,26,33)(H,24,28,32). The molecule has 3 N–H and O–H groups in total. The van der Waals surface area contributed by atoms with Gasteiger partial charge in [0.2, 0.25) is 5.91 Å². The number of pyridine rings is 1. The number of ether oxygens (including phenoxy) is 1. The number of thiazole rings is 1. The maximum Gasteiger partial charge on any atom is 0.314 e. The molecule has 4 amide bonds. The average molecular weight is 580 g/mol. The number of morpholine rings is 1. The zero-order chi connectivity index (χ0) is 25.7. The molecule has 4 heterocycles. The van der Waals surface area contributed by atoms with Crippen LogP contribution in [0.3, 0.4) is 0 Å². The first kappa shape index (κ1) is 26.1. The van der Waals surface area contributed by atoms with Crippen molar-refractivity contribution in [2.45, 2.75) is 19.0 Å². The molecule has 192 valence electrons. The second kappa shape index (κ2) is 11.9. The zero-order valence-electron chi connectivity index (χ0n) is 19.6. The summed E-state index contributed by atoms with van der Waals surface area (Å²) in [6.45, 7) is 2.81. The Bertz CT molecular complexity index is 1140. The Hall–Kier alpha value is -2.94. The monoisotopic (exact) mass is 579 g/mol. The maximum atomic E-state index is 13.2. The van der Waals surface area contributed by atoms with Crippen molar-refractivity contribution in [3.05, 3.63) is 38.4 Å². The van der Waals surface area contributed by atoms with Crippen molar-refractivity contribution in [3.8, 4) is 0 Å². The van der Waals surface area contributed by atoms with Crippen LogP contribution in [0.5, 0.6) is 0 Å². The minimum absolute atomic E-state index is 0.200. The van der Waals surface area contributed by atoms with E-state index in [-0.39, 0.29) is 23.3 Å². The summed E-state index contributed by atoms with van der Waals surface area (Å²) < 4.78 is 6.02. The minimum Gasteiger partial charge on any atom is -0.378 e. The van der Waals surface area contributed by atoms with E-state index in [2.05, 4.69) is 46.7 Å². The third kappa shape index (κ3) is 6.63. The Labute approximate surface area is 219 Å². The van der Waals surface area contributed by atoms with Gasteiger partial charge in [-0.2, -0.15) is 0 Å². The quantitative estimate of drug-likeness (QED) is 0.405. The van der Waals surface area contributed by atoms with Crippen molar-refractivity contribution in [3.63, 3.8) is 0 Å². The summed E-state index contributed by atoms with van der Waals surface area (Å²) in [5, 5.41) is 7.79. The lowest BCUT2D eigenvalue weighted by atomic mass is 10.2. The SMILES string of the molecule is CN1CCc2nc(C(=O)NC(CNC(=O)C(=O)Nc3ccc(Br)cn3)C(=O)N3CCOCC3)sc2C1. The van der Waals surface area contributed by atoms with E-state index in [9.17, 15) is 19.2 Å². The molecule has 2 aliphatic rings. The van der Waals surface area contributed by atoms with Gasteiger partial charge >= 0.3 is 11.8 Å². The number of aromatic nitrogens is 2. The number of nitrogens with one attached hydrogen (secondary N) is 3. The van der Waals surface area contributed by atoms with Gasteiger partial charge in [-0.05, 0) is 35.1 Å². The average Bonchev–Trinajstić information content (AvgIpc) is 3.31. The normalized spacial score (nSPS) is 16.6. The summed E-state index contributed by atoms with van der Waals surface area (Å²) in [5.74, 6) is -2.57. The topological polar surface area (TPSA) is 146 Å². The van der Waals surface area contributed by atoms with Crippen LogP contribution in [-0.4, -0.2) is 95.9 Å². The van der Waals surface area contributed by atoms with E-state index in [1.165, 1.54) is 23.6 Å². The van der Waals surface area contributed by atoms with Crippen LogP contribution in [-0.2, 0) is 32.1 Å². The number of carbonyl (C=O) groups excluding carboxylic acids is 4. The number of hydrogen-bond acceptors (Lipinski definition) is 9. The summed E-state index contributed by atoms with van der Waals surface area (Å²) in [5.41, 5.74) is 0.894. The molecule has 1 fully saturated rings. The Morgan fingerprint density at radius 3 is 2.67 bits per heavy atom. The van der Waals surface area contributed by atoms with Crippen LogP contribution in [0.15, 0.2) is 22.8 Å². The smallest absolute Gasteiger partial charge is 0.314 e. The number of halogens is 1. The van der Waals surface area contributed by atoms with Gasteiger partial charge in [0.1, 0.15) is 11.9 Å². The number of likely N-dealkylation sites (N-methyl/N-ethyl adjacent to an activating group) is 1. The largest absolute Gasteiger partial charge is 0.378 e. The summed E-state index contributed by atoms with van der Waals surface area (Å²) in [6.07, 6.45) is 2.23. The molecular formula is C22H26BrN7O5S. The Morgan fingerprint density at radius 2 is 1.94 bits per heavy atom. The van der Waals surface area contributed by atoms with Gasteiger partial charge in [0.25, 0.3) is 5.91 Å². The van der Waals surface area contributed by atoms with Crippen LogP contribution >= 0.6 is 27.3 Å². The maximum absolute atomic E-state index is 13.2. The minimum atomic E-state index is -1.08. The van der Waals surface area contributed by atoms with Crippen molar-refractivity contribution in [1.82, 2.24) is 30.4 Å². The van der Waals surface area contributed by atoms with E-state index in [0.717, 1.165) is 34.6 Å². The first-order valence-corrected chi connectivity index (χ1v) is 13.0. The lowest BCUT2D eigenvalue weighted by molar-refractivity contribution is -0.138. The Balaban J connectivity index is 1.41. The van der Waals surface area contributed by atoms with Gasteiger partial charge in [-0.3, -0.25) is 19.2 Å². The van der Waals surface area contributed by atoms with Gasteiger partial charge in [0.15, 0.2) is 5.01 Å². The van der Waals surface area contributed by atoms with E-state index < -0.39 is 23.8 Å². The van der Waals surface area contributed by atoms with E-state index in [4.69, 9.17) is 4.74 Å². The van der Waals surface area contributed by atoms with Gasteiger partial charge in [0.05, 0.1) is 18.9 Å². The molecule has 1 atom stereocenters. The molecule has 2 aromatic heterocycles. The molecule has 14 heteroatoms. The zero-order valence-corrected chi connectivity index (χ0v) is 22.0. The Kier molecular flexibility index (Phi) is 8.61. The molecule has 2 aliphatic heterocycles. The molecule has 0 radical (unpaired) electrons. The van der Waals surface area contributed by atoms with Crippen LogP contribution in [0.25, 0.3) is 0 Å². The lowest BCUT2D eigenvalue weighted by Crippen LogP contribution is -2.56. The van der Waals surface area contributed by atoms with Crippen LogP contribution < -0.4 is 16.0 Å². The second-order valence-corrected chi connectivity index (χ2v) is 10.4. The van der Waals surface area contributed by atoms with Crippen molar-refractivity contribution in [1.29, 1.82) is 0 Å². The third-order valence-electron chi connectivity index (χ3n) is 5.68. The third-order valence-corrected chi connectivity index (χ3v) is 7.23. The van der Waals surface area contributed by atoms with E-state index in [1.54, 1.807) is 11.0 Å². The van der Waals surface area contributed by atoms with Crippen molar-refractivity contribution in [2.24, 2.45) is 0 Å². The number of fused-ring (bicyclic) bond motifs is 1. The lowest BCUT2D eigenvalue weighted by Gasteiger charge is -2.30. The van der Waals surface area contributed by atoms with E-state index in [0.29, 0.717) is 26.3 Å². The van der Waals surface area contributed by atoms with Crippen LogP contribution in [0, 0.1) is 0 Å². The first-order chi connectivity index (χ1) is 17.3. The first-order valence-electron chi connectivity index (χ1n) is 11.4. The van der Waals surface area contributed by atoms with Crippen LogP contribution in [0.2, 0.25) is 0 Å². The van der Waals surface area contributed by atoms with Crippen molar-refractivity contribution in [2.75, 3.05) is 51.8 Å². The molecule has 0 aromatic carbocycles. The van der Waals surface area contributed by atoms with Crippen LogP contribution in [0.4, 0.5) is 5.82 Å². The molecule has 4 rings (SSSR count). The number of rotatable bonds is 6. The molecule has 2 aromatic rings. The molecule has 12 nitrogen and oxygen atoms in total. The van der Waals surface area contributed by atoms with Gasteiger partial charge in [-0.25, -0.2) is 9.97 Å². The number of hydrogen-bond donors (Lipinski definition) is 3. The number of nitrogens with zero attached hydrogens (tertiary/aromatic N) is 4. The van der Waals surface area contributed by atoms with Crippen molar-refractivity contribution < 1.29 is 23.9 Å². The van der Waals surface area contributed by atoms with Crippen LogP contribution in [0.1, 0.15) is 20.4 Å². The number of carbonyl (C=O) groups is 4. The number of amides is 4. The van der Waals surface area contributed by atoms with Gasteiger partial charge in [0, 0.05) is 54.7 Å². The molecule has 0 spiro atoms. The highest BCUT2D eigenvalue weighted by atomic mass is 79.9. The highest BCUT2D eigenvalue weighted by Crippen LogP contribution is 2.24. The molecule has 1 unspecified atom stereocenters. The highest BCUT2D eigenvalue weighted by Gasteiger charge is 2.30. The summed E-state index contributed by atoms with van der Waals surface area (Å²) in [7, 11) is 2.01. The Morgan fingerprint density at radius 1 is 1.17 bits per heavy atom.